The number of benzene rings is 1. The van der Waals surface area contributed by atoms with Crippen LogP contribution in [0.4, 0.5) is 10.1 Å². The highest BCUT2D eigenvalue weighted by Gasteiger charge is 2.32. The molecule has 1 amide bonds. The molecule has 1 heterocycles. The lowest BCUT2D eigenvalue weighted by atomic mass is 9.99. The fourth-order valence-electron chi connectivity index (χ4n) is 2.54. The number of hydrogen-bond donors (Lipinski definition) is 1. The Morgan fingerprint density at radius 2 is 2.26 bits per heavy atom. The van der Waals surface area contributed by atoms with E-state index < -0.39 is 21.8 Å². The van der Waals surface area contributed by atoms with Crippen molar-refractivity contribution in [1.82, 2.24) is 4.31 Å². The van der Waals surface area contributed by atoms with E-state index in [0.29, 0.717) is 25.1 Å². The molecule has 1 aromatic carbocycles. The van der Waals surface area contributed by atoms with Crippen LogP contribution in [0, 0.1) is 11.7 Å². The van der Waals surface area contributed by atoms with E-state index >= 15 is 0 Å². The van der Waals surface area contributed by atoms with Crippen LogP contribution < -0.4 is 5.32 Å². The molecule has 1 aliphatic rings. The van der Waals surface area contributed by atoms with Crippen molar-refractivity contribution < 1.29 is 22.3 Å². The second-order valence-electron chi connectivity index (χ2n) is 5.51. The molecule has 2 rings (SSSR count). The van der Waals surface area contributed by atoms with Gasteiger partial charge in [-0.2, -0.15) is 0 Å². The fraction of sp³-hybridized carbons (Fsp3) is 0.533. The van der Waals surface area contributed by atoms with Gasteiger partial charge in [-0.15, -0.1) is 0 Å². The standard InChI is InChI=1S/C15H21FN2O4S/c1-22-8-9-23(20,21)18-7-3-4-12(11-18)15(19)17-14-6-2-5-13(16)10-14/h2,5-6,10,12H,3-4,7-9,11H2,1H3,(H,17,19). The summed E-state index contributed by atoms with van der Waals surface area (Å²) in [5.74, 6) is -1.26. The molecule has 6 nitrogen and oxygen atoms in total. The van der Waals surface area contributed by atoms with Gasteiger partial charge in [0.2, 0.25) is 15.9 Å². The van der Waals surface area contributed by atoms with E-state index in [1.165, 1.54) is 29.6 Å². The molecule has 1 saturated heterocycles. The highest BCUT2D eigenvalue weighted by atomic mass is 32.2. The summed E-state index contributed by atoms with van der Waals surface area (Å²) in [4.78, 5) is 12.3. The summed E-state index contributed by atoms with van der Waals surface area (Å²) in [5, 5.41) is 2.64. The van der Waals surface area contributed by atoms with Crippen LogP contribution in [0.2, 0.25) is 0 Å². The van der Waals surface area contributed by atoms with Gasteiger partial charge in [0, 0.05) is 25.9 Å². The Morgan fingerprint density at radius 1 is 1.48 bits per heavy atom. The van der Waals surface area contributed by atoms with Gasteiger partial charge in [0.15, 0.2) is 0 Å². The molecular weight excluding hydrogens is 323 g/mol. The highest BCUT2D eigenvalue weighted by Crippen LogP contribution is 2.21. The lowest BCUT2D eigenvalue weighted by molar-refractivity contribution is -0.120. The van der Waals surface area contributed by atoms with Crippen molar-refractivity contribution in [2.24, 2.45) is 5.92 Å². The summed E-state index contributed by atoms with van der Waals surface area (Å²) >= 11 is 0. The third-order valence-electron chi connectivity index (χ3n) is 3.79. The SMILES string of the molecule is COCCS(=O)(=O)N1CCCC(C(=O)Nc2cccc(F)c2)C1. The average molecular weight is 344 g/mol. The van der Waals surface area contributed by atoms with E-state index in [9.17, 15) is 17.6 Å². The predicted molar refractivity (Wildman–Crippen MR) is 85.0 cm³/mol. The number of anilines is 1. The van der Waals surface area contributed by atoms with Crippen LogP contribution in [0.5, 0.6) is 0 Å². The number of methoxy groups -OCH3 is 1. The largest absolute Gasteiger partial charge is 0.384 e. The Labute approximate surface area is 135 Å². The Balaban J connectivity index is 1.99. The molecule has 0 bridgehead atoms. The first kappa shape index (κ1) is 17.8. The van der Waals surface area contributed by atoms with Gasteiger partial charge >= 0.3 is 0 Å². The monoisotopic (exact) mass is 344 g/mol. The zero-order valence-electron chi connectivity index (χ0n) is 13.0. The van der Waals surface area contributed by atoms with Gasteiger partial charge in [0.05, 0.1) is 18.3 Å². The van der Waals surface area contributed by atoms with Gasteiger partial charge in [-0.25, -0.2) is 17.1 Å². The third kappa shape index (κ3) is 4.98. The summed E-state index contributed by atoms with van der Waals surface area (Å²) in [6.07, 6.45) is 1.23. The van der Waals surface area contributed by atoms with Gasteiger partial charge in [-0.3, -0.25) is 4.79 Å². The third-order valence-corrected chi connectivity index (χ3v) is 5.59. The maximum Gasteiger partial charge on any atom is 0.228 e. The molecule has 1 unspecified atom stereocenters. The molecule has 0 aromatic heterocycles. The minimum atomic E-state index is -3.42. The minimum Gasteiger partial charge on any atom is -0.384 e. The first-order valence-electron chi connectivity index (χ1n) is 7.45. The molecule has 8 heteroatoms. The van der Waals surface area contributed by atoms with Crippen molar-refractivity contribution >= 4 is 21.6 Å². The predicted octanol–water partition coefficient (Wildman–Crippen LogP) is 1.45. The lowest BCUT2D eigenvalue weighted by Crippen LogP contribution is -2.45. The Hall–Kier alpha value is -1.51. The topological polar surface area (TPSA) is 75.7 Å². The molecule has 1 atom stereocenters. The Bertz CT molecular complexity index is 651. The molecule has 0 spiro atoms. The zero-order valence-corrected chi connectivity index (χ0v) is 13.8. The summed E-state index contributed by atoms with van der Waals surface area (Å²) in [6, 6.07) is 5.62. The number of nitrogens with one attached hydrogen (secondary N) is 1. The Kier molecular flexibility index (Phi) is 6.09. The number of carbonyl (C=O) groups excluding carboxylic acids is 1. The zero-order chi connectivity index (χ0) is 16.9. The van der Waals surface area contributed by atoms with Gasteiger partial charge in [0.1, 0.15) is 5.82 Å². The molecule has 1 N–H and O–H groups in total. The van der Waals surface area contributed by atoms with Crippen molar-refractivity contribution in [3.8, 4) is 0 Å². The van der Waals surface area contributed by atoms with E-state index in [-0.39, 0.29) is 24.8 Å². The molecule has 128 valence electrons. The van der Waals surface area contributed by atoms with Crippen molar-refractivity contribution in [3.63, 3.8) is 0 Å². The second-order valence-corrected chi connectivity index (χ2v) is 7.59. The van der Waals surface area contributed by atoms with Crippen molar-refractivity contribution in [2.45, 2.75) is 12.8 Å². The number of rotatable bonds is 6. The van der Waals surface area contributed by atoms with E-state index in [0.717, 1.165) is 0 Å². The summed E-state index contributed by atoms with van der Waals surface area (Å²) in [6.45, 7) is 0.683. The first-order chi connectivity index (χ1) is 10.9. The normalized spacial score (nSPS) is 19.5. The van der Waals surface area contributed by atoms with E-state index in [1.54, 1.807) is 6.07 Å². The van der Waals surface area contributed by atoms with Crippen molar-refractivity contribution in [3.05, 3.63) is 30.1 Å². The number of hydrogen-bond acceptors (Lipinski definition) is 4. The van der Waals surface area contributed by atoms with E-state index in [2.05, 4.69) is 5.32 Å². The molecular formula is C15H21FN2O4S. The first-order valence-corrected chi connectivity index (χ1v) is 9.06. The smallest absolute Gasteiger partial charge is 0.228 e. The number of amides is 1. The van der Waals surface area contributed by atoms with Crippen LogP contribution in [0.25, 0.3) is 0 Å². The van der Waals surface area contributed by atoms with E-state index in [4.69, 9.17) is 4.74 Å². The molecule has 1 aliphatic heterocycles. The summed E-state index contributed by atoms with van der Waals surface area (Å²) in [5.41, 5.74) is 0.370. The second kappa shape index (κ2) is 7.85. The van der Waals surface area contributed by atoms with Crippen molar-refractivity contribution in [2.75, 3.05) is 37.9 Å². The minimum absolute atomic E-state index is 0.0955. The van der Waals surface area contributed by atoms with Gasteiger partial charge in [-0.05, 0) is 31.0 Å². The van der Waals surface area contributed by atoms with E-state index in [1.807, 2.05) is 0 Å². The highest BCUT2D eigenvalue weighted by molar-refractivity contribution is 7.89. The van der Waals surface area contributed by atoms with Crippen LogP contribution in [-0.4, -0.2) is 51.2 Å². The van der Waals surface area contributed by atoms with Crippen LogP contribution in [-0.2, 0) is 19.6 Å². The average Bonchev–Trinajstić information content (AvgIpc) is 2.53. The van der Waals surface area contributed by atoms with Crippen LogP contribution in [0.15, 0.2) is 24.3 Å². The van der Waals surface area contributed by atoms with Gasteiger partial charge in [-0.1, -0.05) is 6.07 Å². The summed E-state index contributed by atoms with van der Waals surface area (Å²) < 4.78 is 43.7. The maximum atomic E-state index is 13.1. The molecule has 1 fully saturated rings. The molecule has 0 radical (unpaired) electrons. The molecule has 0 saturated carbocycles. The fourth-order valence-corrected chi connectivity index (χ4v) is 3.99. The molecule has 0 aliphatic carbocycles. The van der Waals surface area contributed by atoms with Crippen LogP contribution in [0.3, 0.4) is 0 Å². The molecule has 1 aromatic rings. The number of sulfonamides is 1. The van der Waals surface area contributed by atoms with Gasteiger partial charge < -0.3 is 10.1 Å². The van der Waals surface area contributed by atoms with Gasteiger partial charge in [0.25, 0.3) is 0 Å². The quantitative estimate of drug-likeness (QED) is 0.847. The number of halogens is 1. The number of piperidine rings is 1. The number of nitrogens with zero attached hydrogens (tertiary/aromatic N) is 1. The number of ether oxygens (including phenoxy) is 1. The van der Waals surface area contributed by atoms with Crippen LogP contribution in [0.1, 0.15) is 12.8 Å². The Morgan fingerprint density at radius 3 is 2.96 bits per heavy atom. The lowest BCUT2D eigenvalue weighted by Gasteiger charge is -2.31. The molecule has 23 heavy (non-hydrogen) atoms. The maximum absolute atomic E-state index is 13.1. The van der Waals surface area contributed by atoms with Crippen LogP contribution >= 0.6 is 0 Å². The van der Waals surface area contributed by atoms with Crippen molar-refractivity contribution in [1.29, 1.82) is 0 Å². The number of carbonyl (C=O) groups is 1. The summed E-state index contributed by atoms with van der Waals surface area (Å²) in [7, 11) is -1.98.